The van der Waals surface area contributed by atoms with Gasteiger partial charge in [0.1, 0.15) is 11.3 Å². The largest absolute Gasteiger partial charge is 0.508 e. The first-order valence-corrected chi connectivity index (χ1v) is 9.74. The van der Waals surface area contributed by atoms with E-state index in [2.05, 4.69) is 41.2 Å². The third kappa shape index (κ3) is 3.91. The first-order valence-electron chi connectivity index (χ1n) is 9.74. The lowest BCUT2D eigenvalue weighted by Crippen LogP contribution is -1.99. The minimum absolute atomic E-state index is 0.309. The van der Waals surface area contributed by atoms with Crippen molar-refractivity contribution in [2.24, 2.45) is 0 Å². The maximum atomic E-state index is 9.56. The highest BCUT2D eigenvalue weighted by Crippen LogP contribution is 2.28. The van der Waals surface area contributed by atoms with Crippen LogP contribution >= 0.6 is 0 Å². The number of fused-ring (bicyclic) bond motifs is 3. The summed E-state index contributed by atoms with van der Waals surface area (Å²) in [6.07, 6.45) is 3.66. The van der Waals surface area contributed by atoms with Gasteiger partial charge in [0.05, 0.1) is 5.52 Å². The van der Waals surface area contributed by atoms with Crippen LogP contribution in [0.3, 0.4) is 0 Å². The van der Waals surface area contributed by atoms with E-state index in [0.717, 1.165) is 51.3 Å². The van der Waals surface area contributed by atoms with Gasteiger partial charge in [-0.05, 0) is 73.2 Å². The summed E-state index contributed by atoms with van der Waals surface area (Å²) in [4.78, 5) is 9.07. The number of benzene rings is 2. The third-order valence-corrected chi connectivity index (χ3v) is 4.88. The van der Waals surface area contributed by atoms with E-state index in [0.29, 0.717) is 11.6 Å². The molecule has 4 nitrogen and oxygen atoms in total. The molecule has 0 saturated carbocycles. The van der Waals surface area contributed by atoms with Gasteiger partial charge in [0.25, 0.3) is 0 Å². The molecule has 0 radical (unpaired) electrons. The van der Waals surface area contributed by atoms with Gasteiger partial charge in [-0.3, -0.25) is 4.98 Å². The predicted molar refractivity (Wildman–Crippen MR) is 118 cm³/mol. The van der Waals surface area contributed by atoms with Gasteiger partial charge in [-0.1, -0.05) is 32.0 Å². The van der Waals surface area contributed by atoms with E-state index in [4.69, 9.17) is 5.73 Å². The SMILES string of the molecule is CC.Cc1ccc2c(c1)nc(N)c1ncc(CCc3ccc(O)cc3C)cc12. The maximum Gasteiger partial charge on any atom is 0.150 e. The Bertz CT molecular complexity index is 1140. The van der Waals surface area contributed by atoms with E-state index in [-0.39, 0.29) is 0 Å². The zero-order valence-corrected chi connectivity index (χ0v) is 17.0. The number of hydrogen-bond acceptors (Lipinski definition) is 4. The average Bonchev–Trinajstić information content (AvgIpc) is 2.68. The van der Waals surface area contributed by atoms with Crippen molar-refractivity contribution >= 4 is 27.6 Å². The van der Waals surface area contributed by atoms with E-state index < -0.39 is 0 Å². The fourth-order valence-corrected chi connectivity index (χ4v) is 3.44. The van der Waals surface area contributed by atoms with E-state index in [1.165, 1.54) is 5.56 Å². The smallest absolute Gasteiger partial charge is 0.150 e. The zero-order chi connectivity index (χ0) is 20.3. The topological polar surface area (TPSA) is 72.0 Å². The molecule has 3 N–H and O–H groups in total. The highest BCUT2D eigenvalue weighted by atomic mass is 16.3. The second-order valence-corrected chi connectivity index (χ2v) is 6.87. The first kappa shape index (κ1) is 19.6. The molecule has 0 aliphatic rings. The van der Waals surface area contributed by atoms with Crippen LogP contribution in [0, 0.1) is 13.8 Å². The Balaban J connectivity index is 0.00000109. The summed E-state index contributed by atoms with van der Waals surface area (Å²) in [5, 5.41) is 11.7. The Kier molecular flexibility index (Phi) is 5.78. The standard InChI is InChI=1S/C22H21N3O.C2H6/c1-13-3-8-18-19-11-15(4-5-16-6-7-17(26)10-14(16)2)12-24-21(19)22(23)25-20(18)9-13;1-2/h3,6-12,26H,4-5H2,1-2H3,(H2,23,25);1-2H3. The highest BCUT2D eigenvalue weighted by molar-refractivity contribution is 6.08. The molecule has 4 aromatic rings. The van der Waals surface area contributed by atoms with E-state index >= 15 is 0 Å². The Labute approximate surface area is 166 Å². The van der Waals surface area contributed by atoms with Crippen molar-refractivity contribution in [2.75, 3.05) is 5.73 Å². The van der Waals surface area contributed by atoms with Crippen LogP contribution in [-0.4, -0.2) is 15.1 Å². The van der Waals surface area contributed by atoms with Gasteiger partial charge in [-0.25, -0.2) is 4.98 Å². The van der Waals surface area contributed by atoms with Crippen molar-refractivity contribution in [1.29, 1.82) is 0 Å². The highest BCUT2D eigenvalue weighted by Gasteiger charge is 2.09. The van der Waals surface area contributed by atoms with Crippen LogP contribution < -0.4 is 5.73 Å². The van der Waals surface area contributed by atoms with Crippen LogP contribution in [-0.2, 0) is 12.8 Å². The summed E-state index contributed by atoms with van der Waals surface area (Å²) in [6, 6.07) is 13.9. The van der Waals surface area contributed by atoms with Gasteiger partial charge in [-0.15, -0.1) is 0 Å². The Morgan fingerprint density at radius 1 is 0.929 bits per heavy atom. The molecular formula is C24H27N3O. The Hall–Kier alpha value is -3.14. The van der Waals surface area contributed by atoms with Crippen LogP contribution in [0.25, 0.3) is 21.8 Å². The number of aromatic hydroxyl groups is 1. The molecule has 2 aromatic heterocycles. The number of phenolic OH excluding ortho intramolecular Hbond substituents is 1. The molecule has 0 fully saturated rings. The predicted octanol–water partition coefficient (Wildman–Crippen LogP) is 5.50. The fraction of sp³-hybridized carbons (Fsp3) is 0.250. The molecule has 0 amide bonds. The Morgan fingerprint density at radius 2 is 1.71 bits per heavy atom. The van der Waals surface area contributed by atoms with Crippen molar-refractivity contribution in [1.82, 2.24) is 9.97 Å². The molecule has 2 heterocycles. The lowest BCUT2D eigenvalue weighted by molar-refractivity contribution is 0.474. The molecule has 0 unspecified atom stereocenters. The van der Waals surface area contributed by atoms with Gasteiger partial charge in [0.2, 0.25) is 0 Å². The van der Waals surface area contributed by atoms with Crippen LogP contribution in [0.4, 0.5) is 5.82 Å². The molecule has 0 aliphatic heterocycles. The van der Waals surface area contributed by atoms with Crippen molar-refractivity contribution in [3.05, 3.63) is 70.9 Å². The number of nitrogen functional groups attached to an aromatic ring is 1. The van der Waals surface area contributed by atoms with Gasteiger partial charge >= 0.3 is 0 Å². The first-order chi connectivity index (χ1) is 13.5. The Morgan fingerprint density at radius 3 is 2.46 bits per heavy atom. The number of phenols is 1. The minimum Gasteiger partial charge on any atom is -0.508 e. The van der Waals surface area contributed by atoms with Gasteiger partial charge < -0.3 is 10.8 Å². The lowest BCUT2D eigenvalue weighted by atomic mass is 9.99. The fourth-order valence-electron chi connectivity index (χ4n) is 3.44. The number of nitrogens with zero attached hydrogens (tertiary/aromatic N) is 2. The molecule has 0 aliphatic carbocycles. The van der Waals surface area contributed by atoms with Gasteiger partial charge in [-0.2, -0.15) is 0 Å². The third-order valence-electron chi connectivity index (χ3n) is 4.88. The molecule has 2 aromatic carbocycles. The van der Waals surface area contributed by atoms with E-state index in [1.807, 2.05) is 33.0 Å². The van der Waals surface area contributed by atoms with Crippen molar-refractivity contribution in [3.8, 4) is 5.75 Å². The minimum atomic E-state index is 0.309. The number of rotatable bonds is 3. The van der Waals surface area contributed by atoms with Crippen LogP contribution in [0.2, 0.25) is 0 Å². The molecule has 0 bridgehead atoms. The van der Waals surface area contributed by atoms with E-state index in [9.17, 15) is 5.11 Å². The molecule has 144 valence electrons. The number of nitrogens with two attached hydrogens (primary N) is 1. The number of aromatic nitrogens is 2. The summed E-state index contributed by atoms with van der Waals surface area (Å²) in [6.45, 7) is 8.08. The second kappa shape index (κ2) is 8.26. The number of aryl methyl sites for hydroxylation is 4. The summed E-state index contributed by atoms with van der Waals surface area (Å²) < 4.78 is 0. The number of anilines is 1. The van der Waals surface area contributed by atoms with Crippen molar-refractivity contribution in [3.63, 3.8) is 0 Å². The second-order valence-electron chi connectivity index (χ2n) is 6.87. The molecule has 28 heavy (non-hydrogen) atoms. The van der Waals surface area contributed by atoms with Crippen LogP contribution in [0.5, 0.6) is 5.75 Å². The number of pyridine rings is 2. The van der Waals surface area contributed by atoms with Crippen LogP contribution in [0.15, 0.2) is 48.7 Å². The van der Waals surface area contributed by atoms with Crippen LogP contribution in [0.1, 0.15) is 36.1 Å². The van der Waals surface area contributed by atoms with E-state index in [1.54, 1.807) is 12.1 Å². The molecule has 0 atom stereocenters. The molecule has 0 spiro atoms. The molecular weight excluding hydrogens is 346 g/mol. The summed E-state index contributed by atoms with van der Waals surface area (Å²) in [7, 11) is 0. The molecule has 4 heteroatoms. The molecule has 4 rings (SSSR count). The molecule has 0 saturated heterocycles. The lowest BCUT2D eigenvalue weighted by Gasteiger charge is -2.10. The van der Waals surface area contributed by atoms with Gasteiger partial charge in [0.15, 0.2) is 5.82 Å². The monoisotopic (exact) mass is 373 g/mol. The summed E-state index contributed by atoms with van der Waals surface area (Å²) in [5.41, 5.74) is 12.5. The van der Waals surface area contributed by atoms with Gasteiger partial charge in [0, 0.05) is 17.0 Å². The maximum absolute atomic E-state index is 9.56. The summed E-state index contributed by atoms with van der Waals surface area (Å²) >= 11 is 0. The normalized spacial score (nSPS) is 10.7. The van der Waals surface area contributed by atoms with Crippen molar-refractivity contribution < 1.29 is 5.11 Å². The quantitative estimate of drug-likeness (QED) is 0.465. The zero-order valence-electron chi connectivity index (χ0n) is 17.0. The van der Waals surface area contributed by atoms with Crippen molar-refractivity contribution in [2.45, 2.75) is 40.5 Å². The number of hydrogen-bond donors (Lipinski definition) is 2. The average molecular weight is 374 g/mol. The summed E-state index contributed by atoms with van der Waals surface area (Å²) in [5.74, 6) is 0.780.